The van der Waals surface area contributed by atoms with E-state index >= 15 is 0 Å². The van der Waals surface area contributed by atoms with Gasteiger partial charge in [0.05, 0.1) is 17.2 Å². The van der Waals surface area contributed by atoms with Crippen molar-refractivity contribution in [2.45, 2.75) is 38.1 Å². The maximum absolute atomic E-state index is 12.4. The third-order valence-electron chi connectivity index (χ3n) is 5.05. The molecule has 0 radical (unpaired) electrons. The van der Waals surface area contributed by atoms with Crippen molar-refractivity contribution in [2.75, 3.05) is 11.1 Å². The molecule has 35 heavy (non-hydrogen) atoms. The number of ether oxygens (including phenoxy) is 1. The average molecular weight is 499 g/mol. The first kappa shape index (κ1) is 25.7. The Labute approximate surface area is 206 Å². The van der Waals surface area contributed by atoms with Crippen LogP contribution in [0, 0.1) is 10.1 Å². The van der Waals surface area contributed by atoms with E-state index in [4.69, 9.17) is 4.74 Å². The minimum Gasteiger partial charge on any atom is -0.481 e. The molecular formula is C23H26N6O5S. The first-order valence-electron chi connectivity index (χ1n) is 10.9. The van der Waals surface area contributed by atoms with Crippen LogP contribution in [0.2, 0.25) is 0 Å². The second-order valence-corrected chi connectivity index (χ2v) is 8.52. The lowest BCUT2D eigenvalue weighted by atomic mass is 10.2. The Bertz CT molecular complexity index is 1180. The highest BCUT2D eigenvalue weighted by atomic mass is 32.2. The van der Waals surface area contributed by atoms with Crippen LogP contribution in [0.4, 0.5) is 11.4 Å². The molecule has 1 heterocycles. The van der Waals surface area contributed by atoms with Crippen LogP contribution in [0.5, 0.6) is 5.75 Å². The highest BCUT2D eigenvalue weighted by molar-refractivity contribution is 7.99. The first-order valence-corrected chi connectivity index (χ1v) is 11.8. The van der Waals surface area contributed by atoms with Crippen LogP contribution in [0.3, 0.4) is 0 Å². The monoisotopic (exact) mass is 498 g/mol. The standard InChI is InChI=1S/C23H26N6O5S/c1-4-16-5-11-19(12-6-16)34-15(2)22(31)24-13-20-26-27-23(28(20)3)35-14-21(30)25-17-7-9-18(10-8-17)29(32)33/h5-12,15H,4,13-14H2,1-3H3,(H,24,31)(H,25,30)/t15-/m0/s1. The van der Waals surface area contributed by atoms with Crippen molar-refractivity contribution in [1.82, 2.24) is 20.1 Å². The number of aryl methyl sites for hydroxylation is 1. The second kappa shape index (κ2) is 12.0. The minimum atomic E-state index is -0.687. The summed E-state index contributed by atoms with van der Waals surface area (Å²) in [6.07, 6.45) is 0.242. The SMILES string of the molecule is CCc1ccc(O[C@@H](C)C(=O)NCc2nnc(SCC(=O)Nc3ccc([N+](=O)[O-])cc3)n2C)cc1. The largest absolute Gasteiger partial charge is 0.481 e. The summed E-state index contributed by atoms with van der Waals surface area (Å²) in [4.78, 5) is 34.8. The summed E-state index contributed by atoms with van der Waals surface area (Å²) < 4.78 is 7.39. The Morgan fingerprint density at radius 2 is 1.83 bits per heavy atom. The van der Waals surface area contributed by atoms with E-state index in [-0.39, 0.29) is 29.8 Å². The van der Waals surface area contributed by atoms with Gasteiger partial charge in [-0.2, -0.15) is 0 Å². The van der Waals surface area contributed by atoms with Crippen molar-refractivity contribution in [3.8, 4) is 5.75 Å². The molecule has 0 aliphatic heterocycles. The van der Waals surface area contributed by atoms with Crippen LogP contribution in [0.15, 0.2) is 53.7 Å². The van der Waals surface area contributed by atoms with Crippen molar-refractivity contribution in [3.63, 3.8) is 0 Å². The molecule has 0 bridgehead atoms. The molecule has 11 nitrogen and oxygen atoms in total. The molecule has 12 heteroatoms. The summed E-state index contributed by atoms with van der Waals surface area (Å²) in [5, 5.41) is 24.8. The van der Waals surface area contributed by atoms with Crippen molar-refractivity contribution in [3.05, 3.63) is 70.0 Å². The Hall–Kier alpha value is -3.93. The molecule has 0 saturated carbocycles. The molecule has 0 unspecified atom stereocenters. The van der Waals surface area contributed by atoms with E-state index in [0.717, 1.165) is 6.42 Å². The van der Waals surface area contributed by atoms with Gasteiger partial charge in [-0.15, -0.1) is 10.2 Å². The van der Waals surface area contributed by atoms with E-state index in [1.54, 1.807) is 18.5 Å². The number of aromatic nitrogens is 3. The number of non-ortho nitro benzene ring substituents is 1. The van der Waals surface area contributed by atoms with Gasteiger partial charge in [0.15, 0.2) is 17.1 Å². The Kier molecular flexibility index (Phi) is 8.79. The summed E-state index contributed by atoms with van der Waals surface area (Å²) in [5.74, 6) is 0.631. The fourth-order valence-corrected chi connectivity index (χ4v) is 3.72. The van der Waals surface area contributed by atoms with Gasteiger partial charge in [0.1, 0.15) is 5.75 Å². The summed E-state index contributed by atoms with van der Waals surface area (Å²) in [5.41, 5.74) is 1.59. The van der Waals surface area contributed by atoms with Gasteiger partial charge in [0.2, 0.25) is 5.91 Å². The average Bonchev–Trinajstić information content (AvgIpc) is 3.21. The second-order valence-electron chi connectivity index (χ2n) is 7.57. The zero-order valence-electron chi connectivity index (χ0n) is 19.6. The van der Waals surface area contributed by atoms with Crippen molar-refractivity contribution in [2.24, 2.45) is 7.05 Å². The highest BCUT2D eigenvalue weighted by Crippen LogP contribution is 2.19. The van der Waals surface area contributed by atoms with Crippen LogP contribution in [0.1, 0.15) is 25.2 Å². The summed E-state index contributed by atoms with van der Waals surface area (Å²) in [6, 6.07) is 13.2. The predicted molar refractivity (Wildman–Crippen MR) is 131 cm³/mol. The molecule has 2 amide bonds. The molecule has 1 atom stereocenters. The van der Waals surface area contributed by atoms with Crippen LogP contribution in [-0.4, -0.2) is 43.4 Å². The highest BCUT2D eigenvalue weighted by Gasteiger charge is 2.17. The van der Waals surface area contributed by atoms with Crippen molar-refractivity contribution >= 4 is 35.0 Å². The van der Waals surface area contributed by atoms with Crippen LogP contribution >= 0.6 is 11.8 Å². The molecule has 0 aliphatic rings. The maximum atomic E-state index is 12.4. The third kappa shape index (κ3) is 7.27. The van der Waals surface area contributed by atoms with Gasteiger partial charge in [0.25, 0.3) is 11.6 Å². The topological polar surface area (TPSA) is 141 Å². The van der Waals surface area contributed by atoms with Gasteiger partial charge < -0.3 is 19.9 Å². The quantitative estimate of drug-likeness (QED) is 0.233. The van der Waals surface area contributed by atoms with Gasteiger partial charge in [-0.25, -0.2) is 0 Å². The molecule has 2 N–H and O–H groups in total. The van der Waals surface area contributed by atoms with Gasteiger partial charge in [-0.1, -0.05) is 30.8 Å². The maximum Gasteiger partial charge on any atom is 0.269 e. The number of nitro groups is 1. The molecule has 0 aliphatic carbocycles. The number of anilines is 1. The number of amides is 2. The molecular weight excluding hydrogens is 472 g/mol. The van der Waals surface area contributed by atoms with Gasteiger partial charge in [-0.05, 0) is 43.2 Å². The molecule has 0 saturated heterocycles. The van der Waals surface area contributed by atoms with Crippen LogP contribution in [0.25, 0.3) is 0 Å². The molecule has 1 aromatic heterocycles. The van der Waals surface area contributed by atoms with Crippen LogP contribution < -0.4 is 15.4 Å². The number of carbonyl (C=O) groups excluding carboxylic acids is 2. The number of nitrogens with one attached hydrogen (secondary N) is 2. The number of rotatable bonds is 11. The van der Waals surface area contributed by atoms with Gasteiger partial charge in [0, 0.05) is 24.9 Å². The number of hydrogen-bond donors (Lipinski definition) is 2. The first-order chi connectivity index (χ1) is 16.8. The van der Waals surface area contributed by atoms with E-state index in [0.29, 0.717) is 22.4 Å². The zero-order chi connectivity index (χ0) is 25.4. The van der Waals surface area contributed by atoms with E-state index in [1.165, 1.54) is 41.6 Å². The summed E-state index contributed by atoms with van der Waals surface area (Å²) in [6.45, 7) is 3.89. The third-order valence-corrected chi connectivity index (χ3v) is 6.07. The van der Waals surface area contributed by atoms with E-state index < -0.39 is 11.0 Å². The molecule has 0 spiro atoms. The number of benzene rings is 2. The number of hydrogen-bond acceptors (Lipinski definition) is 8. The number of thioether (sulfide) groups is 1. The van der Waals surface area contributed by atoms with Crippen LogP contribution in [-0.2, 0) is 29.6 Å². The van der Waals surface area contributed by atoms with Crippen molar-refractivity contribution < 1.29 is 19.2 Å². The fraction of sp³-hybridized carbons (Fsp3) is 0.304. The van der Waals surface area contributed by atoms with Crippen molar-refractivity contribution in [1.29, 1.82) is 0 Å². The Morgan fingerprint density at radius 1 is 1.14 bits per heavy atom. The minimum absolute atomic E-state index is 0.0531. The van der Waals surface area contributed by atoms with E-state index in [1.807, 2.05) is 24.3 Å². The molecule has 0 fully saturated rings. The lowest BCUT2D eigenvalue weighted by Gasteiger charge is -2.15. The zero-order valence-corrected chi connectivity index (χ0v) is 20.4. The number of nitro benzene ring substituents is 1. The summed E-state index contributed by atoms with van der Waals surface area (Å²) >= 11 is 1.18. The summed E-state index contributed by atoms with van der Waals surface area (Å²) in [7, 11) is 1.74. The molecule has 184 valence electrons. The lowest BCUT2D eigenvalue weighted by Crippen LogP contribution is -2.36. The van der Waals surface area contributed by atoms with E-state index in [9.17, 15) is 19.7 Å². The molecule has 2 aromatic carbocycles. The number of nitrogens with zero attached hydrogens (tertiary/aromatic N) is 4. The smallest absolute Gasteiger partial charge is 0.269 e. The number of carbonyl (C=O) groups is 2. The molecule has 3 aromatic rings. The van der Waals surface area contributed by atoms with Gasteiger partial charge in [-0.3, -0.25) is 19.7 Å². The normalized spacial score (nSPS) is 11.5. The Balaban J connectivity index is 1.46. The van der Waals surface area contributed by atoms with Gasteiger partial charge >= 0.3 is 0 Å². The predicted octanol–water partition coefficient (Wildman–Crippen LogP) is 3.10. The molecule has 3 rings (SSSR count). The Morgan fingerprint density at radius 3 is 2.46 bits per heavy atom. The lowest BCUT2D eigenvalue weighted by molar-refractivity contribution is -0.384. The van der Waals surface area contributed by atoms with E-state index in [2.05, 4.69) is 27.8 Å². The fourth-order valence-electron chi connectivity index (χ4n) is 2.99.